The molecule has 0 radical (unpaired) electrons. The van der Waals surface area contributed by atoms with E-state index in [0.29, 0.717) is 11.5 Å². The van der Waals surface area contributed by atoms with E-state index < -0.39 is 11.5 Å². The van der Waals surface area contributed by atoms with Crippen molar-refractivity contribution in [1.82, 2.24) is 10.6 Å². The second-order valence-corrected chi connectivity index (χ2v) is 5.88. The summed E-state index contributed by atoms with van der Waals surface area (Å²) in [5.74, 6) is -0.402. The fourth-order valence-corrected chi connectivity index (χ4v) is 3.16. The Labute approximate surface area is 123 Å². The molecule has 5 nitrogen and oxygen atoms in total. The Bertz CT molecular complexity index is 549. The topological polar surface area (TPSA) is 78.4 Å². The van der Waals surface area contributed by atoms with Crippen molar-refractivity contribution in [3.8, 4) is 0 Å². The fourth-order valence-electron chi connectivity index (χ4n) is 3.16. The summed E-state index contributed by atoms with van der Waals surface area (Å²) in [5.41, 5.74) is 0.224. The fraction of sp³-hybridized carbons (Fsp3) is 0.500. The molecule has 5 heteroatoms. The number of hydrogen-bond acceptors (Lipinski definition) is 4. The average molecular weight is 288 g/mol. The van der Waals surface area contributed by atoms with Crippen molar-refractivity contribution >= 4 is 11.8 Å². The van der Waals surface area contributed by atoms with Gasteiger partial charge in [-0.25, -0.2) is 0 Å². The van der Waals surface area contributed by atoms with Gasteiger partial charge in [-0.1, -0.05) is 24.3 Å². The summed E-state index contributed by atoms with van der Waals surface area (Å²) in [6, 6.07) is 7.61. The highest BCUT2D eigenvalue weighted by Crippen LogP contribution is 2.32. The molecule has 0 spiro atoms. The van der Waals surface area contributed by atoms with Crippen molar-refractivity contribution in [3.63, 3.8) is 0 Å². The first-order valence-corrected chi connectivity index (χ1v) is 7.47. The van der Waals surface area contributed by atoms with Crippen LogP contribution in [-0.4, -0.2) is 30.0 Å². The van der Waals surface area contributed by atoms with Gasteiger partial charge in [-0.2, -0.15) is 0 Å². The van der Waals surface area contributed by atoms with Crippen LogP contribution in [0.25, 0.3) is 0 Å². The van der Waals surface area contributed by atoms with Gasteiger partial charge in [0.1, 0.15) is 0 Å². The van der Waals surface area contributed by atoms with E-state index in [-0.39, 0.29) is 18.7 Å². The molecule has 0 bridgehead atoms. The predicted octanol–water partition coefficient (Wildman–Crippen LogP) is 0.778. The van der Waals surface area contributed by atoms with Crippen LogP contribution in [0.5, 0.6) is 0 Å². The SMILES string of the molecule is O=C1CCC(O)(c2ccc(C3CCNCC3)cc2)C(=O)N1. The zero-order chi connectivity index (χ0) is 14.9. The van der Waals surface area contributed by atoms with Crippen LogP contribution < -0.4 is 10.6 Å². The number of nitrogens with one attached hydrogen (secondary N) is 2. The molecule has 1 atom stereocenters. The summed E-state index contributed by atoms with van der Waals surface area (Å²) in [6.07, 6.45) is 2.53. The van der Waals surface area contributed by atoms with Gasteiger partial charge in [-0.15, -0.1) is 0 Å². The molecule has 112 valence electrons. The number of carbonyl (C=O) groups is 2. The predicted molar refractivity (Wildman–Crippen MR) is 77.6 cm³/mol. The Hall–Kier alpha value is -1.72. The molecule has 0 aliphatic carbocycles. The first-order chi connectivity index (χ1) is 10.1. The van der Waals surface area contributed by atoms with E-state index in [4.69, 9.17) is 0 Å². The maximum Gasteiger partial charge on any atom is 0.263 e. The monoisotopic (exact) mass is 288 g/mol. The van der Waals surface area contributed by atoms with Crippen LogP contribution in [0.4, 0.5) is 0 Å². The average Bonchev–Trinajstić information content (AvgIpc) is 2.52. The maximum absolute atomic E-state index is 11.9. The van der Waals surface area contributed by atoms with Crippen LogP contribution in [0.1, 0.15) is 42.7 Å². The van der Waals surface area contributed by atoms with E-state index in [2.05, 4.69) is 10.6 Å². The van der Waals surface area contributed by atoms with E-state index in [1.54, 1.807) is 0 Å². The van der Waals surface area contributed by atoms with E-state index in [1.165, 1.54) is 5.56 Å². The normalized spacial score (nSPS) is 27.5. The van der Waals surface area contributed by atoms with Gasteiger partial charge in [0.2, 0.25) is 5.91 Å². The quantitative estimate of drug-likeness (QED) is 0.703. The van der Waals surface area contributed by atoms with Gasteiger partial charge in [0.25, 0.3) is 5.91 Å². The Morgan fingerprint density at radius 1 is 1.10 bits per heavy atom. The molecule has 2 amide bonds. The van der Waals surface area contributed by atoms with Crippen LogP contribution >= 0.6 is 0 Å². The first-order valence-electron chi connectivity index (χ1n) is 7.47. The smallest absolute Gasteiger partial charge is 0.263 e. The van der Waals surface area contributed by atoms with Crippen molar-refractivity contribution in [2.75, 3.05) is 13.1 Å². The number of piperidine rings is 2. The maximum atomic E-state index is 11.9. The van der Waals surface area contributed by atoms with E-state index in [9.17, 15) is 14.7 Å². The molecule has 1 aromatic rings. The lowest BCUT2D eigenvalue weighted by molar-refractivity contribution is -0.151. The lowest BCUT2D eigenvalue weighted by Crippen LogP contribution is -2.51. The number of carbonyl (C=O) groups excluding carboxylic acids is 2. The van der Waals surface area contributed by atoms with Crippen molar-refractivity contribution in [2.24, 2.45) is 0 Å². The van der Waals surface area contributed by atoms with Crippen molar-refractivity contribution < 1.29 is 14.7 Å². The van der Waals surface area contributed by atoms with Gasteiger partial charge in [0, 0.05) is 6.42 Å². The minimum Gasteiger partial charge on any atom is -0.375 e. The number of imide groups is 1. The van der Waals surface area contributed by atoms with E-state index >= 15 is 0 Å². The summed E-state index contributed by atoms with van der Waals surface area (Å²) in [5, 5.41) is 16.1. The van der Waals surface area contributed by atoms with Gasteiger partial charge in [0.15, 0.2) is 5.60 Å². The molecule has 1 unspecified atom stereocenters. The lowest BCUT2D eigenvalue weighted by atomic mass is 9.83. The summed E-state index contributed by atoms with van der Waals surface area (Å²) in [6.45, 7) is 2.06. The molecule has 1 aromatic carbocycles. The van der Waals surface area contributed by atoms with Gasteiger partial charge >= 0.3 is 0 Å². The molecular weight excluding hydrogens is 268 g/mol. The highest BCUT2D eigenvalue weighted by atomic mass is 16.3. The Morgan fingerprint density at radius 2 is 1.76 bits per heavy atom. The molecule has 3 rings (SSSR count). The highest BCUT2D eigenvalue weighted by molar-refractivity contribution is 6.02. The number of rotatable bonds is 2. The Kier molecular flexibility index (Phi) is 3.78. The lowest BCUT2D eigenvalue weighted by Gasteiger charge is -2.31. The van der Waals surface area contributed by atoms with E-state index in [1.807, 2.05) is 24.3 Å². The van der Waals surface area contributed by atoms with Gasteiger partial charge < -0.3 is 10.4 Å². The van der Waals surface area contributed by atoms with Gasteiger partial charge in [-0.3, -0.25) is 14.9 Å². The van der Waals surface area contributed by atoms with Crippen LogP contribution in [0, 0.1) is 0 Å². The number of aliphatic hydroxyl groups is 1. The standard InChI is InChI=1S/C16H20N2O3/c19-14-5-8-16(21,15(20)18-14)13-3-1-11(2-4-13)12-6-9-17-10-7-12/h1-4,12,17,21H,5-10H2,(H,18,19,20). The molecule has 2 saturated heterocycles. The molecular formula is C16H20N2O3. The largest absolute Gasteiger partial charge is 0.375 e. The summed E-state index contributed by atoms with van der Waals surface area (Å²) in [4.78, 5) is 23.1. The second-order valence-electron chi connectivity index (χ2n) is 5.88. The summed E-state index contributed by atoms with van der Waals surface area (Å²) >= 11 is 0. The molecule has 21 heavy (non-hydrogen) atoms. The molecule has 2 heterocycles. The zero-order valence-corrected chi connectivity index (χ0v) is 11.9. The third-order valence-electron chi connectivity index (χ3n) is 4.54. The molecule has 2 aliphatic heterocycles. The van der Waals surface area contributed by atoms with Crippen LogP contribution in [0.2, 0.25) is 0 Å². The first kappa shape index (κ1) is 14.2. The minimum atomic E-state index is -1.58. The van der Waals surface area contributed by atoms with E-state index in [0.717, 1.165) is 25.9 Å². The minimum absolute atomic E-state index is 0.143. The van der Waals surface area contributed by atoms with Crippen LogP contribution in [0.3, 0.4) is 0 Å². The second kappa shape index (κ2) is 5.58. The number of amides is 2. The number of benzene rings is 1. The van der Waals surface area contributed by atoms with Crippen molar-refractivity contribution in [3.05, 3.63) is 35.4 Å². The third-order valence-corrected chi connectivity index (χ3v) is 4.54. The van der Waals surface area contributed by atoms with Gasteiger partial charge in [0.05, 0.1) is 0 Å². The van der Waals surface area contributed by atoms with Crippen molar-refractivity contribution in [2.45, 2.75) is 37.2 Å². The highest BCUT2D eigenvalue weighted by Gasteiger charge is 2.42. The Balaban J connectivity index is 1.80. The summed E-state index contributed by atoms with van der Waals surface area (Å²) in [7, 11) is 0. The van der Waals surface area contributed by atoms with Gasteiger partial charge in [-0.05, 0) is 49.4 Å². The third kappa shape index (κ3) is 2.71. The molecule has 0 saturated carbocycles. The molecule has 0 aromatic heterocycles. The molecule has 2 aliphatic rings. The van der Waals surface area contributed by atoms with Crippen molar-refractivity contribution in [1.29, 1.82) is 0 Å². The Morgan fingerprint density at radius 3 is 2.38 bits per heavy atom. The summed E-state index contributed by atoms with van der Waals surface area (Å²) < 4.78 is 0. The van der Waals surface area contributed by atoms with Crippen LogP contribution in [0.15, 0.2) is 24.3 Å². The molecule has 3 N–H and O–H groups in total. The zero-order valence-electron chi connectivity index (χ0n) is 11.9. The number of hydrogen-bond donors (Lipinski definition) is 3. The molecule has 2 fully saturated rings. The van der Waals surface area contributed by atoms with Crippen LogP contribution in [-0.2, 0) is 15.2 Å².